The minimum Gasteiger partial charge on any atom is -0.444 e. The first-order valence-corrected chi connectivity index (χ1v) is 6.45. The normalized spacial score (nSPS) is 20.8. The number of nitro benzene ring substituents is 1. The molecule has 7 nitrogen and oxygen atoms in total. The molecule has 1 fully saturated rings. The summed E-state index contributed by atoms with van der Waals surface area (Å²) in [7, 11) is 0. The Morgan fingerprint density at radius 1 is 1.43 bits per heavy atom. The van der Waals surface area contributed by atoms with Gasteiger partial charge in [0.2, 0.25) is 0 Å². The zero-order chi connectivity index (χ0) is 15.8. The van der Waals surface area contributed by atoms with Crippen molar-refractivity contribution in [2.45, 2.75) is 38.5 Å². The second-order valence-corrected chi connectivity index (χ2v) is 5.81. The molecule has 2 atom stereocenters. The molecular formula is C14H16N2O5. The lowest BCUT2D eigenvalue weighted by atomic mass is 10.1. The summed E-state index contributed by atoms with van der Waals surface area (Å²) in [6.45, 7) is 5.19. The zero-order valence-corrected chi connectivity index (χ0v) is 12.0. The van der Waals surface area contributed by atoms with E-state index in [-0.39, 0.29) is 5.69 Å². The highest BCUT2D eigenvalue weighted by Gasteiger charge is 2.53. The van der Waals surface area contributed by atoms with Crippen LogP contribution in [0, 0.1) is 10.1 Å². The highest BCUT2D eigenvalue weighted by Crippen LogP contribution is 2.43. The molecule has 0 N–H and O–H groups in total. The van der Waals surface area contributed by atoms with Crippen LogP contribution < -0.4 is 0 Å². The van der Waals surface area contributed by atoms with Crippen molar-refractivity contribution in [1.29, 1.82) is 0 Å². The van der Waals surface area contributed by atoms with Crippen LogP contribution in [-0.4, -0.2) is 33.8 Å². The molecule has 0 aromatic heterocycles. The second kappa shape index (κ2) is 5.16. The number of ether oxygens (including phenoxy) is 1. The first-order valence-electron chi connectivity index (χ1n) is 6.45. The average molecular weight is 292 g/mol. The molecule has 1 heterocycles. The Hall–Kier alpha value is -2.44. The van der Waals surface area contributed by atoms with E-state index in [0.29, 0.717) is 11.8 Å². The highest BCUT2D eigenvalue weighted by molar-refractivity contribution is 5.81. The number of hydrogen-bond donors (Lipinski definition) is 0. The van der Waals surface area contributed by atoms with Gasteiger partial charge < -0.3 is 9.53 Å². The molecule has 0 spiro atoms. The van der Waals surface area contributed by atoms with E-state index in [0.717, 1.165) is 0 Å². The molecule has 1 aromatic carbocycles. The number of nitro groups is 1. The van der Waals surface area contributed by atoms with Gasteiger partial charge in [0.1, 0.15) is 17.9 Å². The third-order valence-electron chi connectivity index (χ3n) is 3.02. The van der Waals surface area contributed by atoms with Crippen molar-refractivity contribution < 1.29 is 19.2 Å². The van der Waals surface area contributed by atoms with Gasteiger partial charge in [-0.3, -0.25) is 15.0 Å². The van der Waals surface area contributed by atoms with Crippen LogP contribution in [-0.2, 0) is 9.53 Å². The minimum atomic E-state index is -0.666. The summed E-state index contributed by atoms with van der Waals surface area (Å²) in [6.07, 6.45) is 0.0454. The van der Waals surface area contributed by atoms with Gasteiger partial charge in [-0.1, -0.05) is 12.1 Å². The molecular weight excluding hydrogens is 276 g/mol. The van der Waals surface area contributed by atoms with Gasteiger partial charge in [0.15, 0.2) is 0 Å². The Morgan fingerprint density at radius 3 is 2.62 bits per heavy atom. The number of carbonyl (C=O) groups is 2. The summed E-state index contributed by atoms with van der Waals surface area (Å²) in [6, 6.07) is 4.77. The third-order valence-corrected chi connectivity index (χ3v) is 3.02. The Morgan fingerprint density at radius 2 is 2.10 bits per heavy atom. The van der Waals surface area contributed by atoms with Gasteiger partial charge in [0.25, 0.3) is 5.69 Å². The maximum Gasteiger partial charge on any atom is 0.411 e. The Bertz CT molecular complexity index is 593. The van der Waals surface area contributed by atoms with Crippen molar-refractivity contribution in [3.8, 4) is 0 Å². The molecule has 0 saturated carbocycles. The number of non-ortho nitro benzene ring substituents is 1. The van der Waals surface area contributed by atoms with Crippen LogP contribution >= 0.6 is 0 Å². The van der Waals surface area contributed by atoms with E-state index in [1.807, 2.05) is 0 Å². The highest BCUT2D eigenvalue weighted by atomic mass is 16.6. The fourth-order valence-corrected chi connectivity index (χ4v) is 2.12. The number of nitrogens with zero attached hydrogens (tertiary/aromatic N) is 2. The van der Waals surface area contributed by atoms with Gasteiger partial charge in [-0.2, -0.15) is 0 Å². The van der Waals surface area contributed by atoms with E-state index in [1.54, 1.807) is 26.8 Å². The second-order valence-electron chi connectivity index (χ2n) is 5.81. The molecule has 0 aliphatic carbocycles. The van der Waals surface area contributed by atoms with Crippen molar-refractivity contribution in [1.82, 2.24) is 4.90 Å². The van der Waals surface area contributed by atoms with E-state index in [9.17, 15) is 19.7 Å². The maximum absolute atomic E-state index is 12.0. The SMILES string of the molecule is CC(C)(C)OC(=O)N1[C@H](C=O)[C@H]1c1cccc([N+](=O)[O-])c1. The number of amides is 1. The van der Waals surface area contributed by atoms with E-state index in [4.69, 9.17) is 4.74 Å². The van der Waals surface area contributed by atoms with Gasteiger partial charge in [-0.05, 0) is 26.3 Å². The molecule has 0 bridgehead atoms. The summed E-state index contributed by atoms with van der Waals surface area (Å²) in [5.41, 5.74) is -0.194. The molecule has 0 unspecified atom stereocenters. The van der Waals surface area contributed by atoms with Gasteiger partial charge in [0.05, 0.1) is 11.0 Å². The minimum absolute atomic E-state index is 0.0758. The lowest BCUT2D eigenvalue weighted by molar-refractivity contribution is -0.384. The van der Waals surface area contributed by atoms with E-state index in [1.165, 1.54) is 23.1 Å². The predicted molar refractivity (Wildman–Crippen MR) is 73.8 cm³/mol. The Kier molecular flexibility index (Phi) is 3.67. The van der Waals surface area contributed by atoms with Gasteiger partial charge in [0, 0.05) is 12.1 Å². The smallest absolute Gasteiger partial charge is 0.411 e. The molecule has 112 valence electrons. The topological polar surface area (TPSA) is 89.5 Å². The van der Waals surface area contributed by atoms with E-state index >= 15 is 0 Å². The predicted octanol–water partition coefficient (Wildman–Crippen LogP) is 2.45. The monoisotopic (exact) mass is 292 g/mol. The van der Waals surface area contributed by atoms with Crippen molar-refractivity contribution in [2.75, 3.05) is 0 Å². The summed E-state index contributed by atoms with van der Waals surface area (Å²) in [5.74, 6) is 0. The fourth-order valence-electron chi connectivity index (χ4n) is 2.12. The van der Waals surface area contributed by atoms with Gasteiger partial charge in [-0.15, -0.1) is 0 Å². The van der Waals surface area contributed by atoms with Crippen molar-refractivity contribution in [3.05, 3.63) is 39.9 Å². The molecule has 0 radical (unpaired) electrons. The largest absolute Gasteiger partial charge is 0.444 e. The van der Waals surface area contributed by atoms with Crippen molar-refractivity contribution in [2.24, 2.45) is 0 Å². The van der Waals surface area contributed by atoms with Crippen LogP contribution in [0.5, 0.6) is 0 Å². The van der Waals surface area contributed by atoms with Crippen LogP contribution in [0.2, 0.25) is 0 Å². The first-order chi connectivity index (χ1) is 9.74. The van der Waals surface area contributed by atoms with E-state index < -0.39 is 28.7 Å². The van der Waals surface area contributed by atoms with Gasteiger partial charge in [-0.25, -0.2) is 4.79 Å². The first kappa shape index (κ1) is 15.0. The Labute approximate surface area is 121 Å². The van der Waals surface area contributed by atoms with Crippen LogP contribution in [0.25, 0.3) is 0 Å². The summed E-state index contributed by atoms with van der Waals surface area (Å²) < 4.78 is 5.22. The van der Waals surface area contributed by atoms with Crippen LogP contribution in [0.4, 0.5) is 10.5 Å². The molecule has 2 rings (SSSR count). The number of aldehydes is 1. The molecule has 1 saturated heterocycles. The molecule has 1 aliphatic heterocycles. The molecule has 7 heteroatoms. The zero-order valence-electron chi connectivity index (χ0n) is 12.0. The average Bonchev–Trinajstić information content (AvgIpc) is 3.11. The number of rotatable bonds is 3. The molecule has 21 heavy (non-hydrogen) atoms. The number of hydrogen-bond acceptors (Lipinski definition) is 5. The maximum atomic E-state index is 12.0. The third kappa shape index (κ3) is 3.18. The van der Waals surface area contributed by atoms with Gasteiger partial charge >= 0.3 is 6.09 Å². The van der Waals surface area contributed by atoms with Crippen LogP contribution in [0.3, 0.4) is 0 Å². The number of carbonyl (C=O) groups excluding carboxylic acids is 2. The molecule has 1 aromatic rings. The standard InChI is InChI=1S/C14H16N2O5/c1-14(2,3)21-13(18)15-11(8-17)12(15)9-5-4-6-10(7-9)16(19)20/h4-8,11-12H,1-3H3/t11-,12-,15?/m1/s1. The molecule has 1 aliphatic rings. The van der Waals surface area contributed by atoms with Crippen LogP contribution in [0.15, 0.2) is 24.3 Å². The van der Waals surface area contributed by atoms with E-state index in [2.05, 4.69) is 0 Å². The van der Waals surface area contributed by atoms with Crippen LogP contribution in [0.1, 0.15) is 32.4 Å². The molecule has 1 amide bonds. The lowest BCUT2D eigenvalue weighted by Gasteiger charge is -2.20. The van der Waals surface area contributed by atoms with Crippen molar-refractivity contribution in [3.63, 3.8) is 0 Å². The lowest BCUT2D eigenvalue weighted by Crippen LogP contribution is -2.28. The number of benzene rings is 1. The Balaban J connectivity index is 2.20. The van der Waals surface area contributed by atoms with Crippen molar-refractivity contribution >= 4 is 18.1 Å². The fraction of sp³-hybridized carbons (Fsp3) is 0.429. The summed E-state index contributed by atoms with van der Waals surface area (Å²) >= 11 is 0. The summed E-state index contributed by atoms with van der Waals surface area (Å²) in [5, 5.41) is 10.8. The summed E-state index contributed by atoms with van der Waals surface area (Å²) in [4.78, 5) is 34.6. The quantitative estimate of drug-likeness (QED) is 0.369.